The Morgan fingerprint density at radius 2 is 2.03 bits per heavy atom. The third kappa shape index (κ3) is 1.93. The standard InChI is InChI=1S/C27H27N3O2/c31-20-8-7-16-11-21-27(32)12-19-18-4-2-1-3-17(18)13-28-23(19)25-26(27,22(16)24(20)29-25)9-10-30(21)14-15-5-6-15/h1-4,7-8,13,15,21,25,29,31-32H,5-6,9-12,14H2/t21?,25-,26-,27+/m0/s1. The number of likely N-dealkylation sites (tertiary alicyclic amines) is 1. The van der Waals surface area contributed by atoms with Crippen LogP contribution in [0.3, 0.4) is 0 Å². The fourth-order valence-electron chi connectivity index (χ4n) is 7.78. The Bertz CT molecular complexity index is 1320. The number of hydrogen-bond acceptors (Lipinski definition) is 5. The number of phenolic OH excluding ortho intramolecular Hbond substituents is 1. The molecule has 2 bridgehead atoms. The molecular weight excluding hydrogens is 398 g/mol. The number of rotatable bonds is 2. The number of benzene rings is 2. The summed E-state index contributed by atoms with van der Waals surface area (Å²) < 4.78 is 0. The van der Waals surface area contributed by atoms with Gasteiger partial charge in [0.05, 0.1) is 28.4 Å². The van der Waals surface area contributed by atoms with E-state index in [4.69, 9.17) is 4.98 Å². The molecule has 3 heterocycles. The quantitative estimate of drug-likeness (QED) is 0.547. The second kappa shape index (κ2) is 5.64. The van der Waals surface area contributed by atoms with Gasteiger partial charge in [-0.1, -0.05) is 30.3 Å². The van der Waals surface area contributed by atoms with Crippen LogP contribution < -0.4 is 5.32 Å². The van der Waals surface area contributed by atoms with Crippen molar-refractivity contribution in [1.29, 1.82) is 0 Å². The van der Waals surface area contributed by atoms with Crippen LogP contribution in [0.4, 0.5) is 5.69 Å². The first-order valence-corrected chi connectivity index (χ1v) is 12.0. The summed E-state index contributed by atoms with van der Waals surface area (Å²) in [5.41, 5.74) is 4.16. The maximum absolute atomic E-state index is 12.8. The van der Waals surface area contributed by atoms with Crippen molar-refractivity contribution in [2.75, 3.05) is 18.4 Å². The molecule has 0 amide bonds. The van der Waals surface area contributed by atoms with E-state index in [9.17, 15) is 10.2 Å². The lowest BCUT2D eigenvalue weighted by molar-refractivity contribution is -0.155. The summed E-state index contributed by atoms with van der Waals surface area (Å²) in [7, 11) is 0. The van der Waals surface area contributed by atoms with Crippen molar-refractivity contribution >= 4 is 16.5 Å². The van der Waals surface area contributed by atoms with E-state index in [2.05, 4.69) is 40.5 Å². The molecule has 5 heteroatoms. The van der Waals surface area contributed by atoms with Gasteiger partial charge < -0.3 is 15.5 Å². The average Bonchev–Trinajstić information content (AvgIpc) is 3.54. The molecule has 5 aliphatic rings. The van der Waals surface area contributed by atoms with Crippen molar-refractivity contribution < 1.29 is 10.2 Å². The minimum Gasteiger partial charge on any atom is -0.506 e. The summed E-state index contributed by atoms with van der Waals surface area (Å²) in [4.78, 5) is 7.57. The van der Waals surface area contributed by atoms with Gasteiger partial charge in [-0.2, -0.15) is 0 Å². The van der Waals surface area contributed by atoms with Crippen LogP contribution in [0.2, 0.25) is 0 Å². The number of phenols is 1. The van der Waals surface area contributed by atoms with Crippen LogP contribution in [-0.2, 0) is 18.3 Å². The van der Waals surface area contributed by atoms with Crippen molar-refractivity contribution in [3.8, 4) is 5.75 Å². The highest BCUT2D eigenvalue weighted by Gasteiger charge is 2.71. The molecule has 1 saturated carbocycles. The van der Waals surface area contributed by atoms with Gasteiger partial charge in [0.15, 0.2) is 0 Å². The molecular formula is C27H27N3O2. The summed E-state index contributed by atoms with van der Waals surface area (Å²) >= 11 is 0. The Morgan fingerprint density at radius 1 is 1.16 bits per heavy atom. The van der Waals surface area contributed by atoms with E-state index in [-0.39, 0.29) is 17.8 Å². The molecule has 2 aromatic carbocycles. The van der Waals surface area contributed by atoms with Crippen LogP contribution in [0.25, 0.3) is 10.8 Å². The molecule has 1 unspecified atom stereocenters. The number of fused-ring (bicyclic) bond motifs is 4. The van der Waals surface area contributed by atoms with Crippen LogP contribution in [0.1, 0.15) is 47.7 Å². The normalized spacial score (nSPS) is 34.2. The molecule has 3 aliphatic carbocycles. The van der Waals surface area contributed by atoms with E-state index in [0.29, 0.717) is 6.42 Å². The predicted molar refractivity (Wildman–Crippen MR) is 123 cm³/mol. The molecule has 2 fully saturated rings. The van der Waals surface area contributed by atoms with Gasteiger partial charge in [-0.3, -0.25) is 9.88 Å². The maximum atomic E-state index is 12.8. The van der Waals surface area contributed by atoms with E-state index < -0.39 is 11.0 Å². The van der Waals surface area contributed by atoms with Gasteiger partial charge in [0, 0.05) is 30.6 Å². The smallest absolute Gasteiger partial charge is 0.139 e. The lowest BCUT2D eigenvalue weighted by Crippen LogP contribution is -2.74. The first-order valence-electron chi connectivity index (χ1n) is 12.0. The molecule has 4 atom stereocenters. The van der Waals surface area contributed by atoms with E-state index in [0.717, 1.165) is 54.2 Å². The molecule has 2 aliphatic heterocycles. The molecule has 1 aromatic heterocycles. The lowest BCUT2D eigenvalue weighted by Gasteiger charge is -2.63. The Labute approximate surface area is 187 Å². The maximum Gasteiger partial charge on any atom is 0.139 e. The van der Waals surface area contributed by atoms with E-state index in [1.807, 2.05) is 12.3 Å². The predicted octanol–water partition coefficient (Wildman–Crippen LogP) is 3.67. The van der Waals surface area contributed by atoms with Crippen LogP contribution in [-0.4, -0.2) is 44.8 Å². The highest BCUT2D eigenvalue weighted by molar-refractivity contribution is 5.87. The Hall–Kier alpha value is -2.63. The number of nitrogens with one attached hydrogen (secondary N) is 1. The third-order valence-corrected chi connectivity index (χ3v) is 9.32. The zero-order valence-corrected chi connectivity index (χ0v) is 18.0. The monoisotopic (exact) mass is 425 g/mol. The molecule has 32 heavy (non-hydrogen) atoms. The highest BCUT2D eigenvalue weighted by Crippen LogP contribution is 2.67. The van der Waals surface area contributed by atoms with Gasteiger partial charge in [-0.25, -0.2) is 0 Å². The minimum atomic E-state index is -0.886. The van der Waals surface area contributed by atoms with Crippen LogP contribution >= 0.6 is 0 Å². The van der Waals surface area contributed by atoms with Crippen molar-refractivity contribution in [3.63, 3.8) is 0 Å². The van der Waals surface area contributed by atoms with Gasteiger partial charge in [-0.05, 0) is 66.3 Å². The first kappa shape index (κ1) is 17.9. The molecule has 8 rings (SSSR count). The number of anilines is 1. The second-order valence-corrected chi connectivity index (χ2v) is 10.8. The SMILES string of the molecule is Oc1ccc2c3c1N[C@H]1c4ncc5ccccc5c4C[C@@]4(O)C(C2)N(CC2CC2)CC[C@]314. The summed E-state index contributed by atoms with van der Waals surface area (Å²) in [6, 6.07) is 12.3. The van der Waals surface area contributed by atoms with Gasteiger partial charge in [0.1, 0.15) is 5.75 Å². The fourth-order valence-corrected chi connectivity index (χ4v) is 7.78. The Kier molecular flexibility index (Phi) is 3.15. The van der Waals surface area contributed by atoms with Crippen LogP contribution in [0.5, 0.6) is 5.75 Å². The fraction of sp³-hybridized carbons (Fsp3) is 0.444. The number of piperidine rings is 1. The zero-order valence-electron chi connectivity index (χ0n) is 18.0. The van der Waals surface area contributed by atoms with Crippen molar-refractivity contribution in [2.24, 2.45) is 5.92 Å². The zero-order chi connectivity index (χ0) is 21.2. The van der Waals surface area contributed by atoms with Crippen LogP contribution in [0.15, 0.2) is 42.6 Å². The molecule has 1 saturated heterocycles. The van der Waals surface area contributed by atoms with Crippen molar-refractivity contribution in [1.82, 2.24) is 9.88 Å². The Balaban J connectivity index is 1.43. The molecule has 1 spiro atoms. The third-order valence-electron chi connectivity index (χ3n) is 9.32. The van der Waals surface area contributed by atoms with E-state index in [1.165, 1.54) is 29.4 Å². The summed E-state index contributed by atoms with van der Waals surface area (Å²) in [6.45, 7) is 2.10. The molecule has 3 aromatic rings. The van der Waals surface area contributed by atoms with Crippen molar-refractivity contribution in [2.45, 2.75) is 55.2 Å². The minimum absolute atomic E-state index is 0.0938. The van der Waals surface area contributed by atoms with Gasteiger partial charge in [0.2, 0.25) is 0 Å². The summed E-state index contributed by atoms with van der Waals surface area (Å²) in [6.07, 6.45) is 6.97. The van der Waals surface area contributed by atoms with E-state index >= 15 is 0 Å². The second-order valence-electron chi connectivity index (χ2n) is 10.8. The number of aliphatic hydroxyl groups is 1. The number of aromatic hydroxyl groups is 1. The van der Waals surface area contributed by atoms with Gasteiger partial charge in [0.25, 0.3) is 0 Å². The summed E-state index contributed by atoms with van der Waals surface area (Å²) in [5, 5.41) is 29.6. The molecule has 162 valence electrons. The average molecular weight is 426 g/mol. The number of pyridine rings is 1. The van der Waals surface area contributed by atoms with Gasteiger partial charge in [-0.15, -0.1) is 0 Å². The van der Waals surface area contributed by atoms with Gasteiger partial charge >= 0.3 is 0 Å². The number of aromatic nitrogens is 1. The largest absolute Gasteiger partial charge is 0.506 e. The molecule has 5 nitrogen and oxygen atoms in total. The first-order chi connectivity index (χ1) is 15.6. The molecule has 3 N–H and O–H groups in total. The number of nitrogens with zero attached hydrogens (tertiary/aromatic N) is 2. The van der Waals surface area contributed by atoms with Crippen LogP contribution in [0, 0.1) is 5.92 Å². The molecule has 0 radical (unpaired) electrons. The number of hydrogen-bond donors (Lipinski definition) is 3. The van der Waals surface area contributed by atoms with Crippen molar-refractivity contribution in [3.05, 3.63) is 65.0 Å². The lowest BCUT2D eigenvalue weighted by atomic mass is 9.48. The van der Waals surface area contributed by atoms with E-state index in [1.54, 1.807) is 0 Å². The topological polar surface area (TPSA) is 68.6 Å². The Morgan fingerprint density at radius 3 is 2.91 bits per heavy atom. The summed E-state index contributed by atoms with van der Waals surface area (Å²) in [5.74, 6) is 1.08. The highest BCUT2D eigenvalue weighted by atomic mass is 16.3.